The van der Waals surface area contributed by atoms with Crippen molar-refractivity contribution in [2.24, 2.45) is 0 Å². The lowest BCUT2D eigenvalue weighted by Gasteiger charge is -2.31. The summed E-state index contributed by atoms with van der Waals surface area (Å²) in [6.07, 6.45) is 2.26. The number of ether oxygens (including phenoxy) is 2. The van der Waals surface area contributed by atoms with Gasteiger partial charge in [-0.1, -0.05) is 12.1 Å². The first-order valence-electron chi connectivity index (χ1n) is 8.96. The van der Waals surface area contributed by atoms with Gasteiger partial charge in [-0.05, 0) is 50.6 Å². The normalized spacial score (nSPS) is 20.5. The van der Waals surface area contributed by atoms with Crippen LogP contribution in [0.2, 0.25) is 0 Å². The third-order valence-corrected chi connectivity index (χ3v) is 4.66. The fourth-order valence-electron chi connectivity index (χ4n) is 3.43. The van der Waals surface area contributed by atoms with E-state index in [1.807, 2.05) is 24.3 Å². The smallest absolute Gasteiger partial charge is 0.338 e. The summed E-state index contributed by atoms with van der Waals surface area (Å²) >= 11 is 0. The van der Waals surface area contributed by atoms with Crippen molar-refractivity contribution in [2.75, 3.05) is 33.4 Å². The zero-order valence-electron chi connectivity index (χ0n) is 15.2. The van der Waals surface area contributed by atoms with E-state index >= 15 is 0 Å². The first-order chi connectivity index (χ1) is 12.6. The van der Waals surface area contributed by atoms with Crippen LogP contribution in [0.1, 0.15) is 31.4 Å². The van der Waals surface area contributed by atoms with E-state index in [-0.39, 0.29) is 12.6 Å². The van der Waals surface area contributed by atoms with E-state index in [2.05, 4.69) is 15.5 Å². The minimum absolute atomic E-state index is 0.276. The number of rotatable bonds is 6. The Morgan fingerprint density at radius 2 is 2.08 bits per heavy atom. The van der Waals surface area contributed by atoms with Gasteiger partial charge in [0, 0.05) is 12.2 Å². The lowest BCUT2D eigenvalue weighted by molar-refractivity contribution is -0.139. The van der Waals surface area contributed by atoms with E-state index in [0.29, 0.717) is 23.6 Å². The molecule has 2 heterocycles. The molecule has 1 aromatic carbocycles. The quantitative estimate of drug-likeness (QED) is 0.759. The highest BCUT2D eigenvalue weighted by atomic mass is 16.5. The third-order valence-electron chi connectivity index (χ3n) is 4.66. The Morgan fingerprint density at radius 3 is 2.77 bits per heavy atom. The van der Waals surface area contributed by atoms with Crippen molar-refractivity contribution in [3.05, 3.63) is 41.1 Å². The van der Waals surface area contributed by atoms with Gasteiger partial charge in [0.1, 0.15) is 5.75 Å². The second-order valence-electron chi connectivity index (χ2n) is 6.40. The van der Waals surface area contributed by atoms with Gasteiger partial charge < -0.3 is 20.1 Å². The number of carbonyl (C=O) groups excluding carboxylic acids is 2. The molecule has 0 bridgehead atoms. The maximum atomic E-state index is 12.7. The molecule has 0 spiro atoms. The molecule has 1 unspecified atom stereocenters. The molecule has 1 saturated heterocycles. The topological polar surface area (TPSA) is 79.9 Å². The zero-order chi connectivity index (χ0) is 18.5. The van der Waals surface area contributed by atoms with E-state index in [0.717, 1.165) is 31.5 Å². The molecular weight excluding hydrogens is 334 g/mol. The van der Waals surface area contributed by atoms with Crippen LogP contribution in [0.15, 0.2) is 35.5 Å². The molecule has 1 fully saturated rings. The van der Waals surface area contributed by atoms with Crippen molar-refractivity contribution in [3.63, 3.8) is 0 Å². The molecule has 1 aromatic rings. The maximum absolute atomic E-state index is 12.7. The van der Waals surface area contributed by atoms with Gasteiger partial charge >= 0.3 is 12.0 Å². The summed E-state index contributed by atoms with van der Waals surface area (Å²) in [7, 11) is 1.58. The Morgan fingerprint density at radius 1 is 1.31 bits per heavy atom. The predicted molar refractivity (Wildman–Crippen MR) is 96.7 cm³/mol. The lowest BCUT2D eigenvalue weighted by Crippen LogP contribution is -2.48. The molecule has 0 aromatic heterocycles. The minimum Gasteiger partial charge on any atom is -0.497 e. The monoisotopic (exact) mass is 359 g/mol. The summed E-state index contributed by atoms with van der Waals surface area (Å²) in [4.78, 5) is 27.2. The van der Waals surface area contributed by atoms with E-state index in [4.69, 9.17) is 9.47 Å². The van der Waals surface area contributed by atoms with Crippen LogP contribution in [0, 0.1) is 0 Å². The van der Waals surface area contributed by atoms with Gasteiger partial charge in [-0.3, -0.25) is 4.90 Å². The molecule has 7 heteroatoms. The Hall–Kier alpha value is -2.54. The average Bonchev–Trinajstić information content (AvgIpc) is 3.14. The lowest BCUT2D eigenvalue weighted by atomic mass is 9.94. The number of nitrogens with zero attached hydrogens (tertiary/aromatic N) is 1. The molecule has 7 nitrogen and oxygen atoms in total. The van der Waals surface area contributed by atoms with Crippen molar-refractivity contribution in [1.82, 2.24) is 15.5 Å². The van der Waals surface area contributed by atoms with Gasteiger partial charge in [0.2, 0.25) is 0 Å². The van der Waals surface area contributed by atoms with Crippen LogP contribution in [0.5, 0.6) is 5.75 Å². The van der Waals surface area contributed by atoms with Crippen molar-refractivity contribution in [1.29, 1.82) is 0 Å². The van der Waals surface area contributed by atoms with E-state index in [1.165, 1.54) is 0 Å². The van der Waals surface area contributed by atoms with E-state index < -0.39 is 12.0 Å². The highest BCUT2D eigenvalue weighted by Crippen LogP contribution is 2.30. The van der Waals surface area contributed by atoms with Gasteiger partial charge in [0.15, 0.2) is 0 Å². The standard InChI is InChI=1S/C19H25N3O4/c1-3-26-18(23)16-15(12-22-9-4-5-10-22)20-19(24)21-17(16)13-7-6-8-14(11-13)25-2/h6-8,11,17H,3-5,9-10,12H2,1-2H3,(H2,20,21,24). The largest absolute Gasteiger partial charge is 0.497 e. The second kappa shape index (κ2) is 8.23. The summed E-state index contributed by atoms with van der Waals surface area (Å²) in [6.45, 7) is 4.51. The molecule has 3 rings (SSSR count). The van der Waals surface area contributed by atoms with Crippen LogP contribution in [0.4, 0.5) is 4.79 Å². The minimum atomic E-state index is -0.574. The fraction of sp³-hybridized carbons (Fsp3) is 0.474. The van der Waals surface area contributed by atoms with Crippen LogP contribution in [-0.2, 0) is 9.53 Å². The summed E-state index contributed by atoms with van der Waals surface area (Å²) in [6, 6.07) is 6.46. The number of methoxy groups -OCH3 is 1. The Labute approximate surface area is 153 Å². The first kappa shape index (κ1) is 18.3. The van der Waals surface area contributed by atoms with Crippen LogP contribution in [-0.4, -0.2) is 50.3 Å². The molecule has 0 radical (unpaired) electrons. The van der Waals surface area contributed by atoms with Crippen molar-refractivity contribution < 1.29 is 19.1 Å². The predicted octanol–water partition coefficient (Wildman–Crippen LogP) is 1.96. The van der Waals surface area contributed by atoms with Crippen LogP contribution in [0.25, 0.3) is 0 Å². The summed E-state index contributed by atoms with van der Waals surface area (Å²) in [5, 5.41) is 5.66. The van der Waals surface area contributed by atoms with Crippen LogP contribution >= 0.6 is 0 Å². The summed E-state index contributed by atoms with van der Waals surface area (Å²) < 4.78 is 10.6. The van der Waals surface area contributed by atoms with Crippen molar-refractivity contribution in [3.8, 4) is 5.75 Å². The second-order valence-corrected chi connectivity index (χ2v) is 6.40. The molecule has 0 saturated carbocycles. The SMILES string of the molecule is CCOC(=O)C1=C(CN2CCCC2)NC(=O)NC1c1cccc(OC)c1. The molecule has 2 aliphatic heterocycles. The molecule has 2 amide bonds. The number of hydrogen-bond donors (Lipinski definition) is 2. The summed E-state index contributed by atoms with van der Waals surface area (Å²) in [5.41, 5.74) is 1.84. The third kappa shape index (κ3) is 3.99. The zero-order valence-corrected chi connectivity index (χ0v) is 15.2. The van der Waals surface area contributed by atoms with E-state index in [1.54, 1.807) is 14.0 Å². The molecule has 26 heavy (non-hydrogen) atoms. The molecule has 0 aliphatic carbocycles. The van der Waals surface area contributed by atoms with Crippen molar-refractivity contribution >= 4 is 12.0 Å². The molecule has 140 valence electrons. The van der Waals surface area contributed by atoms with Crippen LogP contribution in [0.3, 0.4) is 0 Å². The van der Waals surface area contributed by atoms with Gasteiger partial charge in [0.25, 0.3) is 0 Å². The Kier molecular flexibility index (Phi) is 5.78. The van der Waals surface area contributed by atoms with Gasteiger partial charge in [-0.25, -0.2) is 9.59 Å². The number of urea groups is 1. The van der Waals surface area contributed by atoms with Crippen molar-refractivity contribution in [2.45, 2.75) is 25.8 Å². The molecular formula is C19H25N3O4. The number of likely N-dealkylation sites (tertiary alicyclic amines) is 1. The molecule has 2 aliphatic rings. The Balaban J connectivity index is 2.00. The van der Waals surface area contributed by atoms with Crippen LogP contribution < -0.4 is 15.4 Å². The summed E-state index contributed by atoms with van der Waals surface area (Å²) in [5.74, 6) is 0.251. The maximum Gasteiger partial charge on any atom is 0.338 e. The molecule has 2 N–H and O–H groups in total. The Bertz CT molecular complexity index is 710. The fourth-order valence-corrected chi connectivity index (χ4v) is 3.43. The number of hydrogen-bond acceptors (Lipinski definition) is 5. The highest BCUT2D eigenvalue weighted by Gasteiger charge is 2.34. The number of benzene rings is 1. The molecule has 1 atom stereocenters. The average molecular weight is 359 g/mol. The number of esters is 1. The van der Waals surface area contributed by atoms with Gasteiger partial charge in [0.05, 0.1) is 25.3 Å². The number of carbonyl (C=O) groups is 2. The highest BCUT2D eigenvalue weighted by molar-refractivity contribution is 5.95. The van der Waals surface area contributed by atoms with Gasteiger partial charge in [-0.15, -0.1) is 0 Å². The van der Waals surface area contributed by atoms with Gasteiger partial charge in [-0.2, -0.15) is 0 Å². The van der Waals surface area contributed by atoms with E-state index in [9.17, 15) is 9.59 Å². The first-order valence-corrected chi connectivity index (χ1v) is 8.96. The number of nitrogens with one attached hydrogen (secondary N) is 2. The number of amides is 2.